The van der Waals surface area contributed by atoms with Gasteiger partial charge in [0.1, 0.15) is 0 Å². The lowest BCUT2D eigenvalue weighted by molar-refractivity contribution is 0.0429. The molecule has 1 aliphatic heterocycles. The van der Waals surface area contributed by atoms with Crippen LogP contribution in [0.25, 0.3) is 0 Å². The van der Waals surface area contributed by atoms with Gasteiger partial charge in [-0.1, -0.05) is 20.3 Å². The Labute approximate surface area is 99.4 Å². The zero-order valence-electron chi connectivity index (χ0n) is 10.7. The zero-order chi connectivity index (χ0) is 11.5. The Hall–Kier alpha value is -0.120. The van der Waals surface area contributed by atoms with Crippen LogP contribution in [0.1, 0.15) is 33.1 Å². The van der Waals surface area contributed by atoms with Crippen molar-refractivity contribution in [3.8, 4) is 0 Å². The van der Waals surface area contributed by atoms with Crippen LogP contribution in [0.4, 0.5) is 0 Å². The van der Waals surface area contributed by atoms with E-state index in [0.717, 1.165) is 32.1 Å². The number of aliphatic hydroxyl groups excluding tert-OH is 1. The number of β-amino-alcohol motifs (C(OH)–C–C–N with tert-alkyl or cyclic N) is 1. The first-order chi connectivity index (χ1) is 7.70. The van der Waals surface area contributed by atoms with Crippen molar-refractivity contribution in [3.63, 3.8) is 0 Å². The molecule has 0 aromatic heterocycles. The molecule has 2 rings (SSSR count). The van der Waals surface area contributed by atoms with Gasteiger partial charge in [-0.25, -0.2) is 0 Å². The fourth-order valence-corrected chi connectivity index (χ4v) is 2.47. The van der Waals surface area contributed by atoms with Crippen LogP contribution in [0.2, 0.25) is 0 Å². The summed E-state index contributed by atoms with van der Waals surface area (Å²) in [5.74, 6) is 0.432. The molecule has 0 spiro atoms. The predicted molar refractivity (Wildman–Crippen MR) is 66.5 cm³/mol. The molecule has 94 valence electrons. The van der Waals surface area contributed by atoms with Gasteiger partial charge >= 0.3 is 0 Å². The second-order valence-corrected chi connectivity index (χ2v) is 5.52. The fourth-order valence-electron chi connectivity index (χ4n) is 2.47. The van der Waals surface area contributed by atoms with Crippen molar-refractivity contribution in [2.75, 3.05) is 32.7 Å². The smallest absolute Gasteiger partial charge is 0.0692 e. The molecule has 2 aliphatic rings. The molecule has 16 heavy (non-hydrogen) atoms. The Morgan fingerprint density at radius 2 is 1.81 bits per heavy atom. The maximum absolute atomic E-state index is 10.0. The largest absolute Gasteiger partial charge is 0.392 e. The predicted octanol–water partition coefficient (Wildman–Crippen LogP) is 1.17. The molecule has 1 N–H and O–H groups in total. The van der Waals surface area contributed by atoms with E-state index in [1.807, 2.05) is 0 Å². The van der Waals surface area contributed by atoms with Gasteiger partial charge in [-0.2, -0.15) is 0 Å². The van der Waals surface area contributed by atoms with E-state index < -0.39 is 0 Å². The second kappa shape index (κ2) is 5.48. The molecule has 2 unspecified atom stereocenters. The molecule has 1 saturated heterocycles. The highest BCUT2D eigenvalue weighted by Gasteiger charge is 2.31. The molecule has 0 bridgehead atoms. The maximum Gasteiger partial charge on any atom is 0.0692 e. The minimum atomic E-state index is -0.141. The number of nitrogens with zero attached hydrogens (tertiary/aromatic N) is 2. The monoisotopic (exact) mass is 226 g/mol. The van der Waals surface area contributed by atoms with Gasteiger partial charge in [-0.05, 0) is 18.8 Å². The lowest BCUT2D eigenvalue weighted by atomic mass is 10.0. The van der Waals surface area contributed by atoms with Gasteiger partial charge in [-0.3, -0.25) is 9.80 Å². The van der Waals surface area contributed by atoms with Crippen molar-refractivity contribution in [1.29, 1.82) is 0 Å². The highest BCUT2D eigenvalue weighted by Crippen LogP contribution is 2.27. The van der Waals surface area contributed by atoms with Crippen LogP contribution in [-0.4, -0.2) is 59.8 Å². The van der Waals surface area contributed by atoms with Gasteiger partial charge in [0.25, 0.3) is 0 Å². The van der Waals surface area contributed by atoms with Crippen molar-refractivity contribution in [3.05, 3.63) is 0 Å². The Morgan fingerprint density at radius 1 is 1.19 bits per heavy atom. The van der Waals surface area contributed by atoms with Crippen molar-refractivity contribution < 1.29 is 5.11 Å². The van der Waals surface area contributed by atoms with Crippen LogP contribution in [0.3, 0.4) is 0 Å². The lowest BCUT2D eigenvalue weighted by Crippen LogP contribution is -2.49. The summed E-state index contributed by atoms with van der Waals surface area (Å²) >= 11 is 0. The molecular weight excluding hydrogens is 200 g/mol. The van der Waals surface area contributed by atoms with Crippen LogP contribution in [0.5, 0.6) is 0 Å². The molecule has 0 aromatic rings. The zero-order valence-corrected chi connectivity index (χ0v) is 10.7. The average Bonchev–Trinajstić information content (AvgIpc) is 3.13. The van der Waals surface area contributed by atoms with E-state index in [1.165, 1.54) is 25.9 Å². The number of rotatable bonds is 5. The number of aliphatic hydroxyl groups is 1. The van der Waals surface area contributed by atoms with Crippen LogP contribution in [-0.2, 0) is 0 Å². The van der Waals surface area contributed by atoms with Crippen molar-refractivity contribution >= 4 is 0 Å². The molecule has 1 saturated carbocycles. The highest BCUT2D eigenvalue weighted by atomic mass is 16.3. The standard InChI is InChI=1S/C13H26N2O/c1-3-11(2)13(16)10-14-6-8-15(9-7-14)12-4-5-12/h11-13,16H,3-10H2,1-2H3. The van der Waals surface area contributed by atoms with Crippen LogP contribution in [0.15, 0.2) is 0 Å². The summed E-state index contributed by atoms with van der Waals surface area (Å²) in [5.41, 5.74) is 0. The Kier molecular flexibility index (Phi) is 4.22. The summed E-state index contributed by atoms with van der Waals surface area (Å²) in [5, 5.41) is 10.0. The van der Waals surface area contributed by atoms with E-state index >= 15 is 0 Å². The molecule has 0 radical (unpaired) electrons. The second-order valence-electron chi connectivity index (χ2n) is 5.52. The summed E-state index contributed by atoms with van der Waals surface area (Å²) in [6, 6.07) is 0.904. The van der Waals surface area contributed by atoms with Crippen molar-refractivity contribution in [2.45, 2.75) is 45.3 Å². The van der Waals surface area contributed by atoms with Crippen LogP contribution in [0, 0.1) is 5.92 Å². The first kappa shape index (κ1) is 12.3. The molecule has 2 atom stereocenters. The molecule has 3 heteroatoms. The summed E-state index contributed by atoms with van der Waals surface area (Å²) in [6.45, 7) is 9.86. The molecule has 1 aliphatic carbocycles. The molecular formula is C13H26N2O. The van der Waals surface area contributed by atoms with Crippen LogP contribution >= 0.6 is 0 Å². The summed E-state index contributed by atoms with van der Waals surface area (Å²) < 4.78 is 0. The number of hydrogen-bond acceptors (Lipinski definition) is 3. The van der Waals surface area contributed by atoms with E-state index in [4.69, 9.17) is 0 Å². The van der Waals surface area contributed by atoms with Crippen molar-refractivity contribution in [1.82, 2.24) is 9.80 Å². The normalized spacial score (nSPS) is 27.9. The van der Waals surface area contributed by atoms with Gasteiger partial charge in [0.2, 0.25) is 0 Å². The minimum Gasteiger partial charge on any atom is -0.392 e. The number of hydrogen-bond donors (Lipinski definition) is 1. The molecule has 1 heterocycles. The minimum absolute atomic E-state index is 0.141. The Morgan fingerprint density at radius 3 is 2.31 bits per heavy atom. The lowest BCUT2D eigenvalue weighted by Gasteiger charge is -2.36. The van der Waals surface area contributed by atoms with E-state index in [1.54, 1.807) is 0 Å². The average molecular weight is 226 g/mol. The molecule has 0 amide bonds. The molecule has 3 nitrogen and oxygen atoms in total. The first-order valence-corrected chi connectivity index (χ1v) is 6.85. The van der Waals surface area contributed by atoms with Gasteiger partial charge < -0.3 is 5.11 Å². The van der Waals surface area contributed by atoms with E-state index in [0.29, 0.717) is 5.92 Å². The first-order valence-electron chi connectivity index (χ1n) is 6.85. The van der Waals surface area contributed by atoms with Gasteiger partial charge in [0.15, 0.2) is 0 Å². The fraction of sp³-hybridized carbons (Fsp3) is 1.00. The number of piperazine rings is 1. The third-order valence-corrected chi connectivity index (χ3v) is 4.22. The third-order valence-electron chi connectivity index (χ3n) is 4.22. The summed E-state index contributed by atoms with van der Waals surface area (Å²) in [4.78, 5) is 5.04. The van der Waals surface area contributed by atoms with E-state index in [-0.39, 0.29) is 6.10 Å². The van der Waals surface area contributed by atoms with Crippen molar-refractivity contribution in [2.24, 2.45) is 5.92 Å². The van der Waals surface area contributed by atoms with Gasteiger partial charge in [0.05, 0.1) is 6.10 Å². The van der Waals surface area contributed by atoms with Gasteiger partial charge in [-0.15, -0.1) is 0 Å². The maximum atomic E-state index is 10.0. The summed E-state index contributed by atoms with van der Waals surface area (Å²) in [6.07, 6.45) is 3.76. The Bertz CT molecular complexity index is 210. The highest BCUT2D eigenvalue weighted by molar-refractivity contribution is 4.88. The summed E-state index contributed by atoms with van der Waals surface area (Å²) in [7, 11) is 0. The molecule has 2 fully saturated rings. The quantitative estimate of drug-likeness (QED) is 0.762. The molecule has 0 aromatic carbocycles. The van der Waals surface area contributed by atoms with Crippen LogP contribution < -0.4 is 0 Å². The topological polar surface area (TPSA) is 26.7 Å². The van der Waals surface area contributed by atoms with E-state index in [2.05, 4.69) is 23.6 Å². The van der Waals surface area contributed by atoms with E-state index in [9.17, 15) is 5.11 Å². The van der Waals surface area contributed by atoms with Gasteiger partial charge in [0, 0.05) is 38.8 Å². The Balaban J connectivity index is 1.67. The SMILES string of the molecule is CCC(C)C(O)CN1CCN(C2CC2)CC1. The third kappa shape index (κ3) is 3.19.